The molecule has 104 valence electrons. The van der Waals surface area contributed by atoms with Crippen molar-refractivity contribution < 1.29 is 4.79 Å². The molecule has 2 nitrogen and oxygen atoms in total. The van der Waals surface area contributed by atoms with Gasteiger partial charge in [0.1, 0.15) is 0 Å². The average Bonchev–Trinajstić information content (AvgIpc) is 2.85. The van der Waals surface area contributed by atoms with E-state index in [1.807, 2.05) is 17.0 Å². The van der Waals surface area contributed by atoms with Crippen molar-refractivity contribution in [2.75, 3.05) is 4.90 Å². The second-order valence-corrected chi connectivity index (χ2v) is 5.77. The fourth-order valence-corrected chi connectivity index (χ4v) is 3.80. The summed E-state index contributed by atoms with van der Waals surface area (Å²) >= 11 is 0. The van der Waals surface area contributed by atoms with Crippen LogP contribution in [0.3, 0.4) is 0 Å². The van der Waals surface area contributed by atoms with Gasteiger partial charge in [0.15, 0.2) is 0 Å². The Balaban J connectivity index is 1.94. The van der Waals surface area contributed by atoms with Crippen molar-refractivity contribution in [1.82, 2.24) is 0 Å². The molecule has 0 saturated heterocycles. The van der Waals surface area contributed by atoms with Crippen molar-refractivity contribution in [2.45, 2.75) is 25.3 Å². The number of carbonyl (C=O) groups excluding carboxylic acids is 1. The molecular formula is C19H17NO. The Morgan fingerprint density at radius 2 is 1.90 bits per heavy atom. The van der Waals surface area contributed by atoms with Crippen molar-refractivity contribution in [3.05, 3.63) is 71.3 Å². The van der Waals surface area contributed by atoms with E-state index >= 15 is 0 Å². The van der Waals surface area contributed by atoms with E-state index in [9.17, 15) is 4.79 Å². The highest BCUT2D eigenvalue weighted by Gasteiger charge is 2.42. The smallest absolute Gasteiger partial charge is 0.224 e. The molecule has 2 unspecified atom stereocenters. The zero-order chi connectivity index (χ0) is 14.4. The molecule has 0 radical (unpaired) electrons. The van der Waals surface area contributed by atoms with Crippen molar-refractivity contribution in [3.8, 4) is 0 Å². The number of anilines is 1. The summed E-state index contributed by atoms with van der Waals surface area (Å²) in [4.78, 5) is 14.3. The molecule has 2 heteroatoms. The standard InChI is InChI=1S/C19H17NO/c1-13(21)20-17-12-6-10-14-9-5-11-16(18(14)17)19(20)15-7-3-2-4-8-15/h2-10,12,16,19H,11H2,1H3. The van der Waals surface area contributed by atoms with Crippen molar-refractivity contribution in [3.63, 3.8) is 0 Å². The lowest BCUT2D eigenvalue weighted by molar-refractivity contribution is -0.117. The Labute approximate surface area is 124 Å². The summed E-state index contributed by atoms with van der Waals surface area (Å²) in [5, 5.41) is 0. The molecule has 1 heterocycles. The Bertz CT molecular complexity index is 732. The van der Waals surface area contributed by atoms with Gasteiger partial charge in [-0.3, -0.25) is 4.79 Å². The third kappa shape index (κ3) is 1.75. The Kier molecular flexibility index (Phi) is 2.71. The molecule has 21 heavy (non-hydrogen) atoms. The first-order valence-electron chi connectivity index (χ1n) is 7.41. The average molecular weight is 275 g/mol. The first-order chi connectivity index (χ1) is 10.3. The molecule has 0 aromatic heterocycles. The highest BCUT2D eigenvalue weighted by Crippen LogP contribution is 2.53. The molecule has 2 aliphatic rings. The topological polar surface area (TPSA) is 20.3 Å². The fraction of sp³-hybridized carbons (Fsp3) is 0.211. The van der Waals surface area contributed by atoms with Gasteiger partial charge in [0, 0.05) is 18.5 Å². The van der Waals surface area contributed by atoms with Gasteiger partial charge >= 0.3 is 0 Å². The van der Waals surface area contributed by atoms with Gasteiger partial charge in [-0.1, -0.05) is 54.6 Å². The van der Waals surface area contributed by atoms with E-state index in [0.29, 0.717) is 5.92 Å². The van der Waals surface area contributed by atoms with Crippen LogP contribution in [-0.4, -0.2) is 5.91 Å². The Hall–Kier alpha value is -2.35. The minimum absolute atomic E-state index is 0.116. The van der Waals surface area contributed by atoms with Crippen LogP contribution in [0.25, 0.3) is 6.08 Å². The van der Waals surface area contributed by atoms with Crippen LogP contribution in [0, 0.1) is 0 Å². The number of nitrogens with zero attached hydrogens (tertiary/aromatic N) is 1. The molecule has 0 bridgehead atoms. The van der Waals surface area contributed by atoms with Crippen LogP contribution in [-0.2, 0) is 4.79 Å². The van der Waals surface area contributed by atoms with E-state index in [2.05, 4.69) is 48.6 Å². The normalized spacial score (nSPS) is 22.2. The fourth-order valence-electron chi connectivity index (χ4n) is 3.80. The summed E-state index contributed by atoms with van der Waals surface area (Å²) in [6.45, 7) is 1.67. The monoisotopic (exact) mass is 275 g/mol. The van der Waals surface area contributed by atoms with E-state index in [1.165, 1.54) is 16.7 Å². The number of benzene rings is 2. The van der Waals surface area contributed by atoms with Gasteiger partial charge in [-0.05, 0) is 29.2 Å². The number of rotatable bonds is 1. The molecular weight excluding hydrogens is 258 g/mol. The third-order valence-electron chi connectivity index (χ3n) is 4.57. The van der Waals surface area contributed by atoms with Gasteiger partial charge in [0.25, 0.3) is 0 Å². The van der Waals surface area contributed by atoms with Gasteiger partial charge in [-0.25, -0.2) is 0 Å². The number of hydrogen-bond acceptors (Lipinski definition) is 1. The predicted octanol–water partition coefficient (Wildman–Crippen LogP) is 4.29. The highest BCUT2D eigenvalue weighted by molar-refractivity contribution is 5.96. The highest BCUT2D eigenvalue weighted by atomic mass is 16.2. The summed E-state index contributed by atoms with van der Waals surface area (Å²) in [7, 11) is 0. The third-order valence-corrected chi connectivity index (χ3v) is 4.57. The van der Waals surface area contributed by atoms with Gasteiger partial charge in [-0.15, -0.1) is 0 Å². The van der Waals surface area contributed by atoms with Crippen LogP contribution in [0.15, 0.2) is 54.6 Å². The first kappa shape index (κ1) is 12.4. The molecule has 1 amide bonds. The Morgan fingerprint density at radius 3 is 2.67 bits per heavy atom. The minimum Gasteiger partial charge on any atom is -0.304 e. The SMILES string of the molecule is CC(=O)N1c2cccc3c2C(CC=C3)C1c1ccccc1. The van der Waals surface area contributed by atoms with E-state index in [0.717, 1.165) is 12.1 Å². The molecule has 4 rings (SSSR count). The lowest BCUT2D eigenvalue weighted by atomic mass is 9.82. The van der Waals surface area contributed by atoms with Crippen LogP contribution in [0.4, 0.5) is 5.69 Å². The van der Waals surface area contributed by atoms with Crippen LogP contribution in [0.2, 0.25) is 0 Å². The second kappa shape index (κ2) is 4.59. The van der Waals surface area contributed by atoms with E-state index in [1.54, 1.807) is 6.92 Å². The molecule has 2 aromatic carbocycles. The molecule has 1 aliphatic heterocycles. The summed E-state index contributed by atoms with van der Waals surface area (Å²) in [6, 6.07) is 16.8. The van der Waals surface area contributed by atoms with Crippen molar-refractivity contribution in [1.29, 1.82) is 0 Å². The van der Waals surface area contributed by atoms with Gasteiger partial charge < -0.3 is 4.90 Å². The summed E-state index contributed by atoms with van der Waals surface area (Å²) in [6.07, 6.45) is 5.41. The molecule has 0 saturated carbocycles. The lowest BCUT2D eigenvalue weighted by Gasteiger charge is -2.28. The molecule has 0 N–H and O–H groups in total. The minimum atomic E-state index is 0.116. The van der Waals surface area contributed by atoms with Gasteiger partial charge in [0.2, 0.25) is 5.91 Å². The maximum absolute atomic E-state index is 12.3. The number of hydrogen-bond donors (Lipinski definition) is 0. The predicted molar refractivity (Wildman–Crippen MR) is 85.2 cm³/mol. The number of carbonyl (C=O) groups is 1. The molecule has 0 spiro atoms. The van der Waals surface area contributed by atoms with Crippen LogP contribution < -0.4 is 4.90 Å². The molecule has 2 aromatic rings. The molecule has 2 atom stereocenters. The number of amides is 1. The maximum atomic E-state index is 12.3. The number of allylic oxidation sites excluding steroid dienone is 1. The van der Waals surface area contributed by atoms with E-state index in [-0.39, 0.29) is 11.9 Å². The van der Waals surface area contributed by atoms with E-state index in [4.69, 9.17) is 0 Å². The largest absolute Gasteiger partial charge is 0.304 e. The van der Waals surface area contributed by atoms with E-state index < -0.39 is 0 Å². The van der Waals surface area contributed by atoms with Gasteiger partial charge in [-0.2, -0.15) is 0 Å². The maximum Gasteiger partial charge on any atom is 0.224 e. The van der Waals surface area contributed by atoms with Crippen LogP contribution >= 0.6 is 0 Å². The van der Waals surface area contributed by atoms with Gasteiger partial charge in [0.05, 0.1) is 6.04 Å². The lowest BCUT2D eigenvalue weighted by Crippen LogP contribution is -2.31. The summed E-state index contributed by atoms with van der Waals surface area (Å²) < 4.78 is 0. The van der Waals surface area contributed by atoms with Crippen molar-refractivity contribution >= 4 is 17.7 Å². The van der Waals surface area contributed by atoms with Crippen LogP contribution in [0.5, 0.6) is 0 Å². The zero-order valence-corrected chi connectivity index (χ0v) is 12.0. The summed E-state index contributed by atoms with van der Waals surface area (Å²) in [5.74, 6) is 0.485. The Morgan fingerprint density at radius 1 is 1.10 bits per heavy atom. The molecule has 1 aliphatic carbocycles. The second-order valence-electron chi connectivity index (χ2n) is 5.77. The summed E-state index contributed by atoms with van der Waals surface area (Å²) in [5.41, 5.74) is 4.90. The zero-order valence-electron chi connectivity index (χ0n) is 12.0. The van der Waals surface area contributed by atoms with Crippen LogP contribution in [0.1, 0.15) is 42.0 Å². The molecule has 0 fully saturated rings. The first-order valence-corrected chi connectivity index (χ1v) is 7.41. The van der Waals surface area contributed by atoms with Crippen molar-refractivity contribution in [2.24, 2.45) is 0 Å². The quantitative estimate of drug-likeness (QED) is 0.760.